The van der Waals surface area contributed by atoms with Crippen molar-refractivity contribution in [3.63, 3.8) is 0 Å². The summed E-state index contributed by atoms with van der Waals surface area (Å²) in [6, 6.07) is 3.43. The highest BCUT2D eigenvalue weighted by atomic mass is 32.2. The lowest BCUT2D eigenvalue weighted by Gasteiger charge is -2.29. The van der Waals surface area contributed by atoms with Crippen LogP contribution in [0, 0.1) is 5.92 Å². The molecule has 0 bridgehead atoms. The first-order valence-corrected chi connectivity index (χ1v) is 10.2. The molecule has 1 saturated heterocycles. The Morgan fingerprint density at radius 3 is 2.57 bits per heavy atom. The predicted octanol–water partition coefficient (Wildman–Crippen LogP) is 2.88. The predicted molar refractivity (Wildman–Crippen MR) is 92.1 cm³/mol. The summed E-state index contributed by atoms with van der Waals surface area (Å²) < 4.78 is 27.6. The van der Waals surface area contributed by atoms with Crippen LogP contribution < -0.4 is 4.90 Å². The molecule has 23 heavy (non-hydrogen) atoms. The standard InChI is InChI=1S/C17H27N3O2S/c1-19(14-15-8-3-4-9-15)17-16(10-7-11-18-17)23(21,22)20-12-5-2-6-13-20/h7,10-11,15H,2-6,8-9,12-14H2,1H3. The zero-order valence-corrected chi connectivity index (χ0v) is 14.8. The molecule has 0 unspecified atom stereocenters. The number of rotatable bonds is 5. The molecular formula is C17H27N3O2S. The maximum Gasteiger partial charge on any atom is 0.246 e. The molecule has 0 N–H and O–H groups in total. The van der Waals surface area contributed by atoms with Crippen LogP contribution in [-0.2, 0) is 10.0 Å². The minimum atomic E-state index is -3.44. The molecule has 6 heteroatoms. The summed E-state index contributed by atoms with van der Waals surface area (Å²) in [6.45, 7) is 2.14. The van der Waals surface area contributed by atoms with Crippen LogP contribution in [0.2, 0.25) is 0 Å². The molecule has 0 spiro atoms. The van der Waals surface area contributed by atoms with Crippen molar-refractivity contribution in [3.8, 4) is 0 Å². The van der Waals surface area contributed by atoms with E-state index in [1.165, 1.54) is 25.7 Å². The maximum atomic E-state index is 13.0. The molecule has 0 amide bonds. The van der Waals surface area contributed by atoms with Gasteiger partial charge in [0.05, 0.1) is 0 Å². The van der Waals surface area contributed by atoms with Gasteiger partial charge in [-0.3, -0.25) is 0 Å². The molecule has 1 saturated carbocycles. The van der Waals surface area contributed by atoms with Crippen molar-refractivity contribution in [2.45, 2.75) is 49.8 Å². The first-order chi connectivity index (χ1) is 11.1. The molecule has 0 radical (unpaired) electrons. The SMILES string of the molecule is CN(CC1CCCC1)c1ncccc1S(=O)(=O)N1CCCCC1. The van der Waals surface area contributed by atoms with E-state index in [4.69, 9.17) is 0 Å². The number of hydrogen-bond acceptors (Lipinski definition) is 4. The number of nitrogens with zero attached hydrogens (tertiary/aromatic N) is 3. The molecule has 1 aliphatic carbocycles. The second-order valence-electron chi connectivity index (χ2n) is 6.82. The van der Waals surface area contributed by atoms with E-state index in [0.29, 0.717) is 29.7 Å². The number of anilines is 1. The Kier molecular flexibility index (Phi) is 5.21. The lowest BCUT2D eigenvalue weighted by atomic mass is 10.1. The number of aromatic nitrogens is 1. The van der Waals surface area contributed by atoms with E-state index < -0.39 is 10.0 Å². The van der Waals surface area contributed by atoms with Gasteiger partial charge in [0.2, 0.25) is 10.0 Å². The Morgan fingerprint density at radius 1 is 1.17 bits per heavy atom. The first kappa shape index (κ1) is 16.7. The van der Waals surface area contributed by atoms with Gasteiger partial charge >= 0.3 is 0 Å². The Balaban J connectivity index is 1.84. The van der Waals surface area contributed by atoms with Gasteiger partial charge < -0.3 is 4.90 Å². The lowest BCUT2D eigenvalue weighted by Crippen LogP contribution is -2.37. The van der Waals surface area contributed by atoms with Crippen LogP contribution >= 0.6 is 0 Å². The van der Waals surface area contributed by atoms with E-state index in [2.05, 4.69) is 4.98 Å². The molecular weight excluding hydrogens is 310 g/mol. The van der Waals surface area contributed by atoms with Crippen LogP contribution in [-0.4, -0.2) is 44.4 Å². The van der Waals surface area contributed by atoms with E-state index in [0.717, 1.165) is 25.8 Å². The smallest absolute Gasteiger partial charge is 0.246 e. The minimum absolute atomic E-state index is 0.363. The maximum absolute atomic E-state index is 13.0. The fraction of sp³-hybridized carbons (Fsp3) is 0.706. The van der Waals surface area contributed by atoms with Crippen LogP contribution in [0.5, 0.6) is 0 Å². The Morgan fingerprint density at radius 2 is 1.87 bits per heavy atom. The molecule has 1 aromatic rings. The molecule has 128 valence electrons. The fourth-order valence-electron chi connectivity index (χ4n) is 3.78. The zero-order chi connectivity index (χ0) is 16.3. The van der Waals surface area contributed by atoms with Crippen molar-refractivity contribution >= 4 is 15.8 Å². The normalized spacial score (nSPS) is 20.7. The second-order valence-corrected chi connectivity index (χ2v) is 8.73. The molecule has 5 nitrogen and oxygen atoms in total. The third-order valence-corrected chi connectivity index (χ3v) is 6.97. The second kappa shape index (κ2) is 7.18. The van der Waals surface area contributed by atoms with E-state index in [1.54, 1.807) is 22.6 Å². The molecule has 2 fully saturated rings. The number of piperidine rings is 1. The third-order valence-electron chi connectivity index (χ3n) is 5.05. The highest BCUT2D eigenvalue weighted by Gasteiger charge is 2.30. The highest BCUT2D eigenvalue weighted by Crippen LogP contribution is 2.30. The average molecular weight is 337 g/mol. The summed E-state index contributed by atoms with van der Waals surface area (Å²) in [4.78, 5) is 6.80. The molecule has 1 aliphatic heterocycles. The third kappa shape index (κ3) is 3.69. The fourth-order valence-corrected chi connectivity index (χ4v) is 5.49. The van der Waals surface area contributed by atoms with E-state index in [9.17, 15) is 8.42 Å². The highest BCUT2D eigenvalue weighted by molar-refractivity contribution is 7.89. The quantitative estimate of drug-likeness (QED) is 0.829. The Labute approximate surface area is 139 Å². The molecule has 0 aromatic carbocycles. The van der Waals surface area contributed by atoms with E-state index >= 15 is 0 Å². The number of hydrogen-bond donors (Lipinski definition) is 0. The summed E-state index contributed by atoms with van der Waals surface area (Å²) in [5.41, 5.74) is 0. The van der Waals surface area contributed by atoms with Crippen LogP contribution in [0.3, 0.4) is 0 Å². The van der Waals surface area contributed by atoms with Crippen molar-refractivity contribution in [2.24, 2.45) is 5.92 Å². The Bertz CT molecular complexity index is 620. The van der Waals surface area contributed by atoms with Crippen LogP contribution in [0.4, 0.5) is 5.82 Å². The molecule has 2 aliphatic rings. The van der Waals surface area contributed by atoms with E-state index in [-0.39, 0.29) is 0 Å². The summed E-state index contributed by atoms with van der Waals surface area (Å²) in [6.07, 6.45) is 9.78. The van der Waals surface area contributed by atoms with Gasteiger partial charge in [0.15, 0.2) is 0 Å². The average Bonchev–Trinajstić information content (AvgIpc) is 3.08. The lowest BCUT2D eigenvalue weighted by molar-refractivity contribution is 0.346. The van der Waals surface area contributed by atoms with Gasteiger partial charge in [0, 0.05) is 32.9 Å². The van der Waals surface area contributed by atoms with Crippen molar-refractivity contribution in [3.05, 3.63) is 18.3 Å². The number of sulfonamides is 1. The van der Waals surface area contributed by atoms with Crippen molar-refractivity contribution in [1.82, 2.24) is 9.29 Å². The van der Waals surface area contributed by atoms with Gasteiger partial charge in [0.25, 0.3) is 0 Å². The van der Waals surface area contributed by atoms with Gasteiger partial charge in [-0.25, -0.2) is 13.4 Å². The summed E-state index contributed by atoms with van der Waals surface area (Å²) in [5.74, 6) is 1.26. The van der Waals surface area contributed by atoms with E-state index in [1.807, 2.05) is 11.9 Å². The summed E-state index contributed by atoms with van der Waals surface area (Å²) in [7, 11) is -1.47. The Hall–Kier alpha value is -1.14. The monoisotopic (exact) mass is 337 g/mol. The van der Waals surface area contributed by atoms with Crippen LogP contribution in [0.25, 0.3) is 0 Å². The van der Waals surface area contributed by atoms with Gasteiger partial charge in [-0.1, -0.05) is 19.3 Å². The molecule has 2 heterocycles. The van der Waals surface area contributed by atoms with Crippen molar-refractivity contribution in [2.75, 3.05) is 31.6 Å². The first-order valence-electron chi connectivity index (χ1n) is 8.75. The number of pyridine rings is 1. The zero-order valence-electron chi connectivity index (χ0n) is 13.9. The molecule has 1 aromatic heterocycles. The topological polar surface area (TPSA) is 53.5 Å². The summed E-state index contributed by atoms with van der Waals surface area (Å²) in [5, 5.41) is 0. The van der Waals surface area contributed by atoms with Crippen molar-refractivity contribution < 1.29 is 8.42 Å². The van der Waals surface area contributed by atoms with Crippen molar-refractivity contribution in [1.29, 1.82) is 0 Å². The molecule has 0 atom stereocenters. The van der Waals surface area contributed by atoms with Gasteiger partial charge in [-0.15, -0.1) is 0 Å². The van der Waals surface area contributed by atoms with Gasteiger partial charge in [0.1, 0.15) is 10.7 Å². The summed E-state index contributed by atoms with van der Waals surface area (Å²) >= 11 is 0. The molecule has 3 rings (SSSR count). The minimum Gasteiger partial charge on any atom is -0.358 e. The van der Waals surface area contributed by atoms with Crippen LogP contribution in [0.15, 0.2) is 23.2 Å². The van der Waals surface area contributed by atoms with Crippen LogP contribution in [0.1, 0.15) is 44.9 Å². The van der Waals surface area contributed by atoms with Gasteiger partial charge in [-0.2, -0.15) is 4.31 Å². The van der Waals surface area contributed by atoms with Gasteiger partial charge in [-0.05, 0) is 43.7 Å². The largest absolute Gasteiger partial charge is 0.358 e.